The zero-order valence-electron chi connectivity index (χ0n) is 15.7. The van der Waals surface area contributed by atoms with Crippen LogP contribution in [0.4, 0.5) is 4.79 Å². The molecule has 140 valence electrons. The molecule has 1 heterocycles. The number of carbonyl (C=O) groups is 1. The highest BCUT2D eigenvalue weighted by Gasteiger charge is 2.32. The normalized spacial score (nSPS) is 23.5. The molecule has 1 amide bonds. The molecule has 5 heteroatoms. The minimum atomic E-state index is -0.452. The highest BCUT2D eigenvalue weighted by atomic mass is 79.9. The number of halogens is 1. The molecule has 1 N–H and O–H groups in total. The number of amides is 1. The lowest BCUT2D eigenvalue weighted by Crippen LogP contribution is -2.52. The van der Waals surface area contributed by atoms with Crippen molar-refractivity contribution in [2.75, 3.05) is 19.6 Å². The molecule has 2 atom stereocenters. The molecule has 2 rings (SSSR count). The highest BCUT2D eigenvalue weighted by molar-refractivity contribution is 9.09. The van der Waals surface area contributed by atoms with Crippen LogP contribution in [-0.4, -0.2) is 47.1 Å². The van der Waals surface area contributed by atoms with Crippen molar-refractivity contribution in [3.63, 3.8) is 0 Å². The molecule has 24 heavy (non-hydrogen) atoms. The number of rotatable bonds is 5. The molecule has 0 aromatic carbocycles. The summed E-state index contributed by atoms with van der Waals surface area (Å²) in [6.45, 7) is 8.97. The minimum Gasteiger partial charge on any atom is -0.444 e. The zero-order chi connectivity index (χ0) is 17.6. The van der Waals surface area contributed by atoms with Crippen LogP contribution in [0.2, 0.25) is 0 Å². The zero-order valence-corrected chi connectivity index (χ0v) is 17.2. The SMILES string of the molecule is CC(C)(C)OC(=O)N[C@H](CN1CCCCC1)[C@@H](Br)C1CCCCC1. The van der Waals surface area contributed by atoms with Crippen molar-refractivity contribution in [2.45, 2.75) is 88.6 Å². The Kier molecular flexibility index (Phi) is 7.86. The number of likely N-dealkylation sites (tertiary alicyclic amines) is 1. The van der Waals surface area contributed by atoms with E-state index in [1.54, 1.807) is 0 Å². The van der Waals surface area contributed by atoms with Crippen molar-refractivity contribution in [1.29, 1.82) is 0 Å². The maximum absolute atomic E-state index is 12.3. The predicted molar refractivity (Wildman–Crippen MR) is 103 cm³/mol. The van der Waals surface area contributed by atoms with E-state index in [0.29, 0.717) is 10.7 Å². The van der Waals surface area contributed by atoms with Crippen LogP contribution < -0.4 is 5.32 Å². The van der Waals surface area contributed by atoms with Crippen LogP contribution >= 0.6 is 15.9 Å². The van der Waals surface area contributed by atoms with E-state index in [2.05, 4.69) is 26.1 Å². The minimum absolute atomic E-state index is 0.112. The fourth-order valence-corrected chi connectivity index (χ4v) is 4.71. The topological polar surface area (TPSA) is 41.6 Å². The van der Waals surface area contributed by atoms with Gasteiger partial charge in [0.25, 0.3) is 0 Å². The maximum atomic E-state index is 12.3. The first-order valence-electron chi connectivity index (χ1n) is 9.71. The van der Waals surface area contributed by atoms with Crippen LogP contribution in [0, 0.1) is 5.92 Å². The molecule has 1 aliphatic carbocycles. The van der Waals surface area contributed by atoms with Gasteiger partial charge in [-0.2, -0.15) is 0 Å². The summed E-state index contributed by atoms with van der Waals surface area (Å²) in [7, 11) is 0. The largest absolute Gasteiger partial charge is 0.444 e. The second kappa shape index (κ2) is 9.42. The van der Waals surface area contributed by atoms with Crippen LogP contribution in [0.3, 0.4) is 0 Å². The third-order valence-electron chi connectivity index (χ3n) is 5.09. The summed E-state index contributed by atoms with van der Waals surface area (Å²) in [6.07, 6.45) is 10.1. The van der Waals surface area contributed by atoms with E-state index in [0.717, 1.165) is 19.6 Å². The summed E-state index contributed by atoms with van der Waals surface area (Å²) >= 11 is 3.94. The summed E-state index contributed by atoms with van der Waals surface area (Å²) in [4.78, 5) is 15.2. The van der Waals surface area contributed by atoms with Crippen LogP contribution in [0.1, 0.15) is 72.1 Å². The molecule has 2 aliphatic rings. The van der Waals surface area contributed by atoms with Gasteiger partial charge in [-0.15, -0.1) is 0 Å². The summed E-state index contributed by atoms with van der Waals surface area (Å²) in [5.74, 6) is 0.656. The molecular weight excluding hydrogens is 368 g/mol. The van der Waals surface area contributed by atoms with Crippen molar-refractivity contribution < 1.29 is 9.53 Å². The standard InChI is InChI=1S/C19H35BrN2O2/c1-19(2,3)24-18(23)21-16(14-22-12-8-5-9-13-22)17(20)15-10-6-4-7-11-15/h15-17H,4-14H2,1-3H3,(H,21,23)/t16-,17+/m1/s1. The molecule has 2 fully saturated rings. The first kappa shape index (κ1) is 20.0. The van der Waals surface area contributed by atoms with Gasteiger partial charge in [-0.25, -0.2) is 4.79 Å². The van der Waals surface area contributed by atoms with Crippen molar-refractivity contribution in [2.24, 2.45) is 5.92 Å². The monoisotopic (exact) mass is 402 g/mol. The summed E-state index contributed by atoms with van der Waals surface area (Å²) in [5.41, 5.74) is -0.452. The number of piperidine rings is 1. The van der Waals surface area contributed by atoms with E-state index in [-0.39, 0.29) is 12.1 Å². The molecule has 0 radical (unpaired) electrons. The first-order valence-corrected chi connectivity index (χ1v) is 10.6. The van der Waals surface area contributed by atoms with E-state index in [4.69, 9.17) is 4.74 Å². The van der Waals surface area contributed by atoms with Gasteiger partial charge >= 0.3 is 6.09 Å². The Morgan fingerprint density at radius 1 is 1.12 bits per heavy atom. The number of alkyl halides is 1. The quantitative estimate of drug-likeness (QED) is 0.676. The molecule has 0 aromatic rings. The molecule has 4 nitrogen and oxygen atoms in total. The van der Waals surface area contributed by atoms with Gasteiger partial charge in [0.2, 0.25) is 0 Å². The lowest BCUT2D eigenvalue weighted by atomic mass is 9.84. The van der Waals surface area contributed by atoms with Gasteiger partial charge in [-0.05, 0) is 65.5 Å². The maximum Gasteiger partial charge on any atom is 0.407 e. The molecule has 0 aromatic heterocycles. The van der Waals surface area contributed by atoms with Crippen LogP contribution in [0.15, 0.2) is 0 Å². The molecule has 1 saturated carbocycles. The second-order valence-corrected chi connectivity index (χ2v) is 9.51. The van der Waals surface area contributed by atoms with E-state index in [1.807, 2.05) is 20.8 Å². The molecule has 1 aliphatic heterocycles. The number of carbonyl (C=O) groups excluding carboxylic acids is 1. The molecule has 1 saturated heterocycles. The van der Waals surface area contributed by atoms with E-state index >= 15 is 0 Å². The average Bonchev–Trinajstić information content (AvgIpc) is 2.53. The molecule has 0 spiro atoms. The lowest BCUT2D eigenvalue weighted by Gasteiger charge is -2.37. The van der Waals surface area contributed by atoms with Gasteiger partial charge < -0.3 is 15.0 Å². The summed E-state index contributed by atoms with van der Waals surface area (Å²) in [6, 6.07) is 0.112. The average molecular weight is 403 g/mol. The van der Waals surface area contributed by atoms with Gasteiger partial charge in [-0.3, -0.25) is 0 Å². The molecular formula is C19H35BrN2O2. The second-order valence-electron chi connectivity index (χ2n) is 8.46. The fraction of sp³-hybridized carbons (Fsp3) is 0.947. The van der Waals surface area contributed by atoms with Gasteiger partial charge in [0.1, 0.15) is 5.60 Å². The Balaban J connectivity index is 1.97. The van der Waals surface area contributed by atoms with Gasteiger partial charge in [0, 0.05) is 11.4 Å². The van der Waals surface area contributed by atoms with E-state index in [1.165, 1.54) is 51.4 Å². The summed E-state index contributed by atoms with van der Waals surface area (Å²) < 4.78 is 5.51. The van der Waals surface area contributed by atoms with Gasteiger partial charge in [0.15, 0.2) is 0 Å². The number of ether oxygens (including phenoxy) is 1. The number of hydrogen-bond acceptors (Lipinski definition) is 3. The van der Waals surface area contributed by atoms with E-state index < -0.39 is 5.60 Å². The van der Waals surface area contributed by atoms with Crippen molar-refractivity contribution in [3.05, 3.63) is 0 Å². The summed E-state index contributed by atoms with van der Waals surface area (Å²) in [5, 5.41) is 3.17. The van der Waals surface area contributed by atoms with Crippen LogP contribution in [-0.2, 0) is 4.74 Å². The molecule has 0 unspecified atom stereocenters. The third-order valence-corrected chi connectivity index (χ3v) is 6.48. The third kappa shape index (κ3) is 6.91. The fourth-order valence-electron chi connectivity index (χ4n) is 3.89. The Hall–Kier alpha value is -0.290. The Morgan fingerprint density at radius 3 is 2.29 bits per heavy atom. The molecule has 0 bridgehead atoms. The number of nitrogens with zero attached hydrogens (tertiary/aromatic N) is 1. The number of alkyl carbamates (subject to hydrolysis) is 1. The van der Waals surface area contributed by atoms with Crippen molar-refractivity contribution in [3.8, 4) is 0 Å². The van der Waals surface area contributed by atoms with Crippen LogP contribution in [0.25, 0.3) is 0 Å². The first-order chi connectivity index (χ1) is 11.3. The van der Waals surface area contributed by atoms with E-state index in [9.17, 15) is 4.79 Å². The van der Waals surface area contributed by atoms with Crippen molar-refractivity contribution in [1.82, 2.24) is 10.2 Å². The van der Waals surface area contributed by atoms with Crippen molar-refractivity contribution >= 4 is 22.0 Å². The Bertz CT molecular complexity index is 385. The number of nitrogens with one attached hydrogen (secondary N) is 1. The van der Waals surface area contributed by atoms with Crippen LogP contribution in [0.5, 0.6) is 0 Å². The number of hydrogen-bond donors (Lipinski definition) is 1. The highest BCUT2D eigenvalue weighted by Crippen LogP contribution is 2.32. The predicted octanol–water partition coefficient (Wildman–Crippen LogP) is 4.71. The smallest absolute Gasteiger partial charge is 0.407 e. The lowest BCUT2D eigenvalue weighted by molar-refractivity contribution is 0.0480. The Labute approximate surface area is 156 Å². The van der Waals surface area contributed by atoms with Gasteiger partial charge in [0.05, 0.1) is 6.04 Å². The van der Waals surface area contributed by atoms with Gasteiger partial charge in [-0.1, -0.05) is 41.6 Å². The Morgan fingerprint density at radius 2 is 1.71 bits per heavy atom.